The van der Waals surface area contributed by atoms with Crippen LogP contribution in [0.4, 0.5) is 0 Å². The minimum absolute atomic E-state index is 0.250. The van der Waals surface area contributed by atoms with Crippen LogP contribution in [0.3, 0.4) is 0 Å². The summed E-state index contributed by atoms with van der Waals surface area (Å²) in [6.07, 6.45) is 0.521. The Kier molecular flexibility index (Phi) is 5.98. The summed E-state index contributed by atoms with van der Waals surface area (Å²) in [4.78, 5) is 14.9. The predicted octanol–water partition coefficient (Wildman–Crippen LogP) is -2.23. The highest BCUT2D eigenvalue weighted by Crippen LogP contribution is 2.18. The van der Waals surface area contributed by atoms with Gasteiger partial charge in [0.25, 0.3) is 0 Å². The lowest BCUT2D eigenvalue weighted by Gasteiger charge is -2.31. The van der Waals surface area contributed by atoms with Crippen molar-refractivity contribution in [2.24, 2.45) is 0 Å². The number of aromatic nitrogens is 4. The number of nitrogens with zero attached hydrogens (tertiary/aromatic N) is 5. The van der Waals surface area contributed by atoms with E-state index in [1.165, 1.54) is 9.70 Å². The summed E-state index contributed by atoms with van der Waals surface area (Å²) < 4.78 is 34.8. The van der Waals surface area contributed by atoms with Crippen LogP contribution in [0.2, 0.25) is 0 Å². The van der Waals surface area contributed by atoms with Gasteiger partial charge >= 0.3 is 0 Å². The molecule has 23 heavy (non-hydrogen) atoms. The average molecular weight is 348 g/mol. The highest BCUT2D eigenvalue weighted by Gasteiger charge is 2.28. The van der Waals surface area contributed by atoms with Crippen molar-refractivity contribution in [1.82, 2.24) is 29.8 Å². The summed E-state index contributed by atoms with van der Waals surface area (Å²) in [5, 5.41) is 12.0. The molecule has 0 bridgehead atoms. The zero-order valence-corrected chi connectivity index (χ0v) is 13.8. The Morgan fingerprint density at radius 1 is 1.52 bits per heavy atom. The molecule has 1 unspecified atom stereocenters. The van der Waals surface area contributed by atoms with Gasteiger partial charge in [0.05, 0.1) is 39.1 Å². The maximum Gasteiger partial charge on any atom is 0.237 e. The van der Waals surface area contributed by atoms with Gasteiger partial charge in [-0.1, -0.05) is 0 Å². The Hall–Kier alpha value is -1.63. The van der Waals surface area contributed by atoms with Crippen LogP contribution in [0.15, 0.2) is 0 Å². The fraction of sp³-hybridized carbons (Fsp3) is 0.818. The van der Waals surface area contributed by atoms with E-state index < -0.39 is 16.1 Å². The lowest BCUT2D eigenvalue weighted by atomic mass is 10.2. The Morgan fingerprint density at radius 3 is 3.00 bits per heavy atom. The van der Waals surface area contributed by atoms with E-state index in [0.717, 1.165) is 6.26 Å². The molecule has 1 amide bonds. The van der Waals surface area contributed by atoms with Crippen molar-refractivity contribution in [3.8, 4) is 0 Å². The van der Waals surface area contributed by atoms with Crippen LogP contribution < -0.4 is 4.72 Å². The first kappa shape index (κ1) is 17.7. The summed E-state index contributed by atoms with van der Waals surface area (Å²) in [5.41, 5.74) is 0. The van der Waals surface area contributed by atoms with Gasteiger partial charge in [-0.2, -0.15) is 4.80 Å². The largest absolute Gasteiger partial charge is 0.383 e. The third-order valence-corrected chi connectivity index (χ3v) is 3.83. The number of tetrazole rings is 1. The number of carbonyl (C=O) groups excluding carboxylic acids is 1. The summed E-state index contributed by atoms with van der Waals surface area (Å²) in [6, 6.07) is 0. The van der Waals surface area contributed by atoms with Crippen LogP contribution >= 0.6 is 0 Å². The maximum absolute atomic E-state index is 12.0. The topological polar surface area (TPSA) is 129 Å². The van der Waals surface area contributed by atoms with Gasteiger partial charge in [-0.3, -0.25) is 4.79 Å². The molecule has 2 heterocycles. The van der Waals surface area contributed by atoms with Gasteiger partial charge in [0.15, 0.2) is 0 Å². The van der Waals surface area contributed by atoms with Crippen LogP contribution in [0.1, 0.15) is 11.9 Å². The second-order valence-electron chi connectivity index (χ2n) is 5.03. The van der Waals surface area contributed by atoms with Crippen LogP contribution in [-0.2, 0) is 30.8 Å². The van der Waals surface area contributed by atoms with Crippen LogP contribution in [0, 0.1) is 0 Å². The minimum atomic E-state index is -3.41. The molecule has 1 aromatic rings. The van der Waals surface area contributed by atoms with E-state index >= 15 is 0 Å². The van der Waals surface area contributed by atoms with Crippen molar-refractivity contribution in [2.75, 3.05) is 46.2 Å². The molecule has 1 aliphatic rings. The first-order chi connectivity index (χ1) is 10.9. The fourth-order valence-electron chi connectivity index (χ4n) is 1.99. The van der Waals surface area contributed by atoms with Crippen molar-refractivity contribution in [3.63, 3.8) is 0 Å². The van der Waals surface area contributed by atoms with E-state index in [4.69, 9.17) is 9.47 Å². The van der Waals surface area contributed by atoms with E-state index in [1.54, 1.807) is 7.11 Å². The molecule has 1 fully saturated rings. The van der Waals surface area contributed by atoms with Crippen molar-refractivity contribution in [1.29, 1.82) is 0 Å². The predicted molar refractivity (Wildman–Crippen MR) is 77.8 cm³/mol. The fourth-order valence-corrected chi connectivity index (χ4v) is 2.37. The van der Waals surface area contributed by atoms with Crippen molar-refractivity contribution in [3.05, 3.63) is 5.82 Å². The van der Waals surface area contributed by atoms with Gasteiger partial charge < -0.3 is 14.4 Å². The van der Waals surface area contributed by atoms with E-state index in [-0.39, 0.29) is 19.0 Å². The Balaban J connectivity index is 1.92. The third-order valence-electron chi connectivity index (χ3n) is 3.16. The minimum Gasteiger partial charge on any atom is -0.383 e. The van der Waals surface area contributed by atoms with E-state index in [1.807, 2.05) is 0 Å². The number of hydrogen-bond acceptors (Lipinski definition) is 8. The normalized spacial score (nSPS) is 19.0. The number of carbonyl (C=O) groups is 1. The quantitative estimate of drug-likeness (QED) is 0.586. The number of nitrogens with one attached hydrogen (secondary N) is 1. The monoisotopic (exact) mass is 348 g/mol. The second kappa shape index (κ2) is 7.77. The summed E-state index contributed by atoms with van der Waals surface area (Å²) in [6.45, 7) is 1.61. The zero-order chi connectivity index (χ0) is 16.9. The number of hydrogen-bond donors (Lipinski definition) is 1. The lowest BCUT2D eigenvalue weighted by molar-refractivity contribution is -0.138. The van der Waals surface area contributed by atoms with E-state index in [9.17, 15) is 13.2 Å². The molecule has 1 aliphatic heterocycles. The van der Waals surface area contributed by atoms with Crippen molar-refractivity contribution < 1.29 is 22.7 Å². The summed E-state index contributed by atoms with van der Waals surface area (Å²) in [5.74, 6) is 0.0603. The van der Waals surface area contributed by atoms with E-state index in [0.29, 0.717) is 32.1 Å². The molecule has 130 valence electrons. The Labute approximate surface area is 134 Å². The van der Waals surface area contributed by atoms with Gasteiger partial charge in [-0.15, -0.1) is 10.2 Å². The molecule has 1 atom stereocenters. The van der Waals surface area contributed by atoms with Gasteiger partial charge in [-0.05, 0) is 5.21 Å². The molecule has 12 heteroatoms. The molecule has 0 saturated carbocycles. The molecule has 1 N–H and O–H groups in total. The first-order valence-electron chi connectivity index (χ1n) is 6.99. The number of ether oxygens (including phenoxy) is 2. The van der Waals surface area contributed by atoms with Gasteiger partial charge in [0, 0.05) is 13.7 Å². The number of methoxy groups -OCH3 is 1. The first-order valence-corrected chi connectivity index (χ1v) is 8.89. The molecular weight excluding hydrogens is 328 g/mol. The van der Waals surface area contributed by atoms with Crippen LogP contribution in [0.25, 0.3) is 0 Å². The standard InChI is InChI=1S/C11H20N6O5S/c1-21-5-4-17-14-11(13-15-17)9-8-16(3-6-22-9)10(18)7-12-23(2,19)20/h9,12H,3-8H2,1-2H3. The van der Waals surface area contributed by atoms with Crippen molar-refractivity contribution >= 4 is 15.9 Å². The molecule has 11 nitrogen and oxygen atoms in total. The summed E-state index contributed by atoms with van der Waals surface area (Å²) in [7, 11) is -1.83. The molecular formula is C11H20N6O5S. The summed E-state index contributed by atoms with van der Waals surface area (Å²) >= 11 is 0. The molecule has 2 rings (SSSR count). The molecule has 1 saturated heterocycles. The second-order valence-corrected chi connectivity index (χ2v) is 6.86. The van der Waals surface area contributed by atoms with Gasteiger partial charge in [0.2, 0.25) is 21.8 Å². The van der Waals surface area contributed by atoms with Gasteiger partial charge in [0.1, 0.15) is 6.10 Å². The third kappa shape index (κ3) is 5.49. The highest BCUT2D eigenvalue weighted by molar-refractivity contribution is 7.88. The zero-order valence-electron chi connectivity index (χ0n) is 13.0. The Morgan fingerprint density at radius 2 is 2.30 bits per heavy atom. The smallest absolute Gasteiger partial charge is 0.237 e. The Bertz CT molecular complexity index is 633. The number of sulfonamides is 1. The van der Waals surface area contributed by atoms with Crippen LogP contribution in [0.5, 0.6) is 0 Å². The molecule has 0 aromatic carbocycles. The van der Waals surface area contributed by atoms with Crippen LogP contribution in [-0.4, -0.2) is 85.6 Å². The van der Waals surface area contributed by atoms with Gasteiger partial charge in [-0.25, -0.2) is 13.1 Å². The lowest BCUT2D eigenvalue weighted by Crippen LogP contribution is -2.46. The average Bonchev–Trinajstić information content (AvgIpc) is 2.99. The molecule has 0 aliphatic carbocycles. The maximum atomic E-state index is 12.0. The molecule has 0 radical (unpaired) electrons. The SMILES string of the molecule is COCCn1nnc(C2CN(C(=O)CNS(C)(=O)=O)CCO2)n1. The highest BCUT2D eigenvalue weighted by atomic mass is 32.2. The van der Waals surface area contributed by atoms with E-state index in [2.05, 4.69) is 20.1 Å². The number of rotatable bonds is 7. The molecule has 1 aromatic heterocycles. The van der Waals surface area contributed by atoms with Crippen molar-refractivity contribution in [2.45, 2.75) is 12.6 Å². The number of morpholine rings is 1. The number of amides is 1. The molecule has 0 spiro atoms.